The quantitative estimate of drug-likeness (QED) is 0.0719. The number of nitrogens with one attached hydrogen (secondary N) is 2. The number of H-pyrrole nitrogens is 2. The van der Waals surface area contributed by atoms with Gasteiger partial charge in [-0.05, 0) is 6.92 Å². The maximum Gasteiger partial charge on any atom is 0.487 e. The summed E-state index contributed by atoms with van der Waals surface area (Å²) in [6, 6.07) is 0. The van der Waals surface area contributed by atoms with Crippen molar-refractivity contribution in [3.05, 3.63) is 59.6 Å². The summed E-state index contributed by atoms with van der Waals surface area (Å²) in [6.45, 7) is -0.811. The lowest BCUT2D eigenvalue weighted by atomic mass is 10.1. The molecule has 266 valence electrons. The number of rotatable bonds is 13. The van der Waals surface area contributed by atoms with Gasteiger partial charge < -0.3 is 48.9 Å². The average Bonchev–Trinajstić information content (AvgIpc) is 3.41. The molecule has 5 unspecified atom stereocenters. The molecule has 2 aliphatic rings. The summed E-state index contributed by atoms with van der Waals surface area (Å²) in [5, 5.41) is 41.2. The second kappa shape index (κ2) is 14.3. The number of aliphatic hydroxyl groups is 4. The zero-order valence-corrected chi connectivity index (χ0v) is 27.1. The largest absolute Gasteiger partial charge is 0.490 e. The molecule has 0 spiro atoms. The van der Waals surface area contributed by atoms with Crippen LogP contribution >= 0.6 is 23.1 Å². The Hall–Kier alpha value is -2.57. The number of methoxy groups -OCH3 is 1. The minimum absolute atomic E-state index is 0.0423. The van der Waals surface area contributed by atoms with Crippen LogP contribution in [0.1, 0.15) is 18.0 Å². The molecular weight excluding hydrogens is 720 g/mol. The Balaban J connectivity index is 1.33. The predicted octanol–water partition coefficient (Wildman–Crippen LogP) is -3.81. The Morgan fingerprint density at radius 2 is 1.25 bits per heavy atom. The summed E-state index contributed by atoms with van der Waals surface area (Å²) in [5.74, 6) is -0.376. The van der Waals surface area contributed by atoms with E-state index in [2.05, 4.69) is 13.1 Å². The number of aliphatic hydroxyl groups excluding tert-OH is 4. The summed E-state index contributed by atoms with van der Waals surface area (Å²) in [5.41, 5.74) is -3.70. The Kier molecular flexibility index (Phi) is 11.4. The molecule has 2 fully saturated rings. The smallest absolute Gasteiger partial charge is 0.487 e. The van der Waals surface area contributed by atoms with E-state index in [4.69, 9.17) is 26.3 Å². The van der Waals surface area contributed by atoms with E-state index in [-0.39, 0.29) is 11.3 Å². The molecule has 0 bridgehead atoms. The Morgan fingerprint density at radius 3 is 1.77 bits per heavy atom. The van der Waals surface area contributed by atoms with Gasteiger partial charge in [0.2, 0.25) is 13.3 Å². The van der Waals surface area contributed by atoms with E-state index < -0.39 is 108 Å². The number of nitrogens with zero attached hydrogens (tertiary/aromatic N) is 2. The van der Waals surface area contributed by atoms with Gasteiger partial charge in [0.1, 0.15) is 36.6 Å². The first kappa shape index (κ1) is 38.2. The highest BCUT2D eigenvalue weighted by molar-refractivity contribution is 7.84. The molecular formula is C20H28BN4O20P3. The Morgan fingerprint density at radius 1 is 0.771 bits per heavy atom. The first-order valence-electron chi connectivity index (χ1n) is 13.2. The molecule has 11 atom stereocenters. The third kappa shape index (κ3) is 8.59. The molecule has 2 aromatic heterocycles. The van der Waals surface area contributed by atoms with E-state index in [1.54, 1.807) is 0 Å². The number of hydrogen-bond donors (Lipinski definition) is 8. The van der Waals surface area contributed by atoms with Crippen LogP contribution in [0.4, 0.5) is 0 Å². The van der Waals surface area contributed by atoms with Gasteiger partial charge in [0.05, 0.1) is 26.5 Å². The van der Waals surface area contributed by atoms with Gasteiger partial charge >= 0.3 is 27.0 Å². The van der Waals surface area contributed by atoms with Crippen LogP contribution in [-0.4, -0.2) is 114 Å². The normalized spacial score (nSPS) is 31.2. The molecule has 0 saturated carbocycles. The van der Waals surface area contributed by atoms with Gasteiger partial charge in [0, 0.05) is 11.8 Å². The molecule has 0 amide bonds. The number of hydrogen-bond acceptors (Lipinski definition) is 18. The molecule has 8 N–H and O–H groups in total. The van der Waals surface area contributed by atoms with Gasteiger partial charge in [0.15, 0.2) is 12.5 Å². The molecule has 2 radical (unpaired) electrons. The van der Waals surface area contributed by atoms with Crippen LogP contribution in [0.25, 0.3) is 0 Å². The van der Waals surface area contributed by atoms with Crippen LogP contribution in [-0.2, 0) is 40.8 Å². The molecule has 28 heteroatoms. The van der Waals surface area contributed by atoms with Crippen LogP contribution in [0.2, 0.25) is 0 Å². The summed E-state index contributed by atoms with van der Waals surface area (Å²) < 4.78 is 71.4. The lowest BCUT2D eigenvalue weighted by molar-refractivity contribution is -0.0545. The standard InChI is InChI=1S/C20H28BN4O20P3/c1-7-3-24(19(32)22-15(7)30)17-13(28)11(26)9(42-17)5-40-46(21,34)44-48(37,38)45-47(35,36)41-6-10-12(27)14(29)18(43-10)25-4-8(39-2)16(31)23-20(25)33/h3-4,9-14,17-18,26-29H,5-6H2,1-2H3,(H,35,36)(H,37,38)(H,22,30,32)(H,23,31,33)/t9-,10+,11+,12-,13?,14?,17-,18+,46?/m1/s1. The van der Waals surface area contributed by atoms with Crippen molar-refractivity contribution < 1.29 is 75.8 Å². The number of aromatic nitrogens is 4. The van der Waals surface area contributed by atoms with Gasteiger partial charge in [-0.25, -0.2) is 23.0 Å². The van der Waals surface area contributed by atoms with Crippen LogP contribution in [0.15, 0.2) is 31.6 Å². The highest BCUT2D eigenvalue weighted by atomic mass is 31.3. The number of aryl methyl sites for hydroxylation is 1. The molecule has 4 heterocycles. The average molecular weight is 748 g/mol. The minimum atomic E-state index is -5.90. The van der Waals surface area contributed by atoms with Gasteiger partial charge in [-0.2, -0.15) is 4.31 Å². The fourth-order valence-corrected chi connectivity index (χ4v) is 8.10. The highest BCUT2D eigenvalue weighted by Gasteiger charge is 2.48. The third-order valence-corrected chi connectivity index (χ3v) is 11.1. The van der Waals surface area contributed by atoms with Crippen molar-refractivity contribution in [2.24, 2.45) is 0 Å². The van der Waals surface area contributed by atoms with E-state index in [9.17, 15) is 63.1 Å². The highest BCUT2D eigenvalue weighted by Crippen LogP contribution is 2.67. The zero-order chi connectivity index (χ0) is 35.9. The SMILES string of the molecule is [B]P(=O)(OC[C@H]1O[C@@H](n2cc(C)c(=O)[nH]c2=O)C(O)[C@H]1O)OP(=O)(O)OP(=O)(O)OC[C@@H]1O[C@H](n2cc(OC)c(=O)[nH]c2=O)C(O)[C@@H]1O. The van der Waals surface area contributed by atoms with Crippen molar-refractivity contribution in [3.63, 3.8) is 0 Å². The summed E-state index contributed by atoms with van der Waals surface area (Å²) >= 11 is 0. The third-order valence-electron chi connectivity index (χ3n) is 6.77. The van der Waals surface area contributed by atoms with E-state index in [1.807, 2.05) is 9.97 Å². The molecule has 2 aromatic rings. The van der Waals surface area contributed by atoms with E-state index in [0.717, 1.165) is 24.1 Å². The van der Waals surface area contributed by atoms with Crippen molar-refractivity contribution in [2.45, 2.75) is 56.0 Å². The molecule has 2 aliphatic heterocycles. The summed E-state index contributed by atoms with van der Waals surface area (Å²) in [6.07, 6.45) is -12.1. The zero-order valence-electron chi connectivity index (χ0n) is 24.4. The predicted molar refractivity (Wildman–Crippen MR) is 153 cm³/mol. The van der Waals surface area contributed by atoms with Crippen LogP contribution in [0, 0.1) is 6.92 Å². The maximum atomic E-state index is 12.5. The molecule has 48 heavy (non-hydrogen) atoms. The molecule has 4 rings (SSSR count). The number of ether oxygens (including phenoxy) is 3. The molecule has 24 nitrogen and oxygen atoms in total. The molecule has 0 aromatic carbocycles. The second-order valence-electron chi connectivity index (χ2n) is 10.2. The summed E-state index contributed by atoms with van der Waals surface area (Å²) in [7, 11) is -10.4. The minimum Gasteiger partial charge on any atom is -0.490 e. The maximum absolute atomic E-state index is 12.5. The van der Waals surface area contributed by atoms with Crippen LogP contribution in [0.5, 0.6) is 5.75 Å². The number of aromatic amines is 2. The molecule has 2 saturated heterocycles. The van der Waals surface area contributed by atoms with Crippen molar-refractivity contribution in [3.8, 4) is 5.75 Å². The fourth-order valence-electron chi connectivity index (χ4n) is 4.45. The Bertz CT molecular complexity index is 1900. The lowest BCUT2D eigenvalue weighted by Gasteiger charge is -2.22. The van der Waals surface area contributed by atoms with Gasteiger partial charge in [-0.15, -0.1) is 0 Å². The topological polar surface area (TPSA) is 347 Å². The van der Waals surface area contributed by atoms with Gasteiger partial charge in [-0.1, -0.05) is 0 Å². The van der Waals surface area contributed by atoms with E-state index in [0.29, 0.717) is 4.57 Å². The monoisotopic (exact) mass is 748 g/mol. The number of phosphoric ester groups is 1. The summed E-state index contributed by atoms with van der Waals surface area (Å²) in [4.78, 5) is 71.3. The lowest BCUT2D eigenvalue weighted by Crippen LogP contribution is -2.38. The number of phosphoric acid groups is 2. The van der Waals surface area contributed by atoms with Gasteiger partial charge in [-0.3, -0.25) is 37.8 Å². The van der Waals surface area contributed by atoms with Crippen LogP contribution < -0.4 is 27.2 Å². The van der Waals surface area contributed by atoms with Crippen molar-refractivity contribution in [1.82, 2.24) is 19.1 Å². The van der Waals surface area contributed by atoms with Crippen molar-refractivity contribution in [2.75, 3.05) is 20.3 Å². The fraction of sp³-hybridized carbons (Fsp3) is 0.600. The first-order valence-corrected chi connectivity index (χ1v) is 17.8. The second-order valence-corrected chi connectivity index (χ2v) is 14.9. The van der Waals surface area contributed by atoms with Crippen LogP contribution in [0.3, 0.4) is 0 Å². The van der Waals surface area contributed by atoms with Crippen molar-refractivity contribution >= 4 is 30.7 Å². The molecule has 0 aliphatic carbocycles. The first-order chi connectivity index (χ1) is 22.1. The van der Waals surface area contributed by atoms with Crippen molar-refractivity contribution in [1.29, 1.82) is 0 Å². The van der Waals surface area contributed by atoms with Gasteiger partial charge in [0.25, 0.3) is 18.6 Å². The van der Waals surface area contributed by atoms with E-state index >= 15 is 0 Å². The van der Waals surface area contributed by atoms with E-state index in [1.165, 1.54) is 6.92 Å². The Labute approximate surface area is 267 Å².